The number of hydrogen-bond acceptors (Lipinski definition) is 6. The Labute approximate surface area is 219 Å². The van der Waals surface area contributed by atoms with Crippen LogP contribution < -0.4 is 11.1 Å². The molecule has 4 N–H and O–H groups in total. The third-order valence-electron chi connectivity index (χ3n) is 10.7. The van der Waals surface area contributed by atoms with E-state index >= 15 is 0 Å². The van der Waals surface area contributed by atoms with Crippen molar-refractivity contribution < 1.29 is 19.5 Å². The third kappa shape index (κ3) is 4.15. The number of carbonyl (C=O) groups excluding carboxylic acids is 3. The van der Waals surface area contributed by atoms with Crippen molar-refractivity contribution in [3.05, 3.63) is 0 Å². The first-order valence-electron chi connectivity index (χ1n) is 14.4. The molecule has 202 valence electrons. The normalized spacial score (nSPS) is 42.9. The molecular formula is C28H41N5O4. The summed E-state index contributed by atoms with van der Waals surface area (Å²) in [7, 11) is 0. The van der Waals surface area contributed by atoms with Crippen LogP contribution in [0.1, 0.15) is 65.2 Å². The van der Waals surface area contributed by atoms with Crippen LogP contribution >= 0.6 is 0 Å². The number of rotatable bonds is 6. The van der Waals surface area contributed by atoms with Gasteiger partial charge in [-0.1, -0.05) is 13.8 Å². The van der Waals surface area contributed by atoms with E-state index in [4.69, 9.17) is 5.73 Å². The number of hydrogen-bond donors (Lipinski definition) is 3. The van der Waals surface area contributed by atoms with Crippen LogP contribution in [0.4, 0.5) is 0 Å². The number of nitrogens with one attached hydrogen (secondary N) is 1. The second-order valence-corrected chi connectivity index (χ2v) is 13.4. The first kappa shape index (κ1) is 25.1. The zero-order valence-electron chi connectivity index (χ0n) is 22.0. The summed E-state index contributed by atoms with van der Waals surface area (Å²) in [5, 5.41) is 24.1. The summed E-state index contributed by atoms with van der Waals surface area (Å²) in [5.41, 5.74) is 5.51. The lowest BCUT2D eigenvalue weighted by Crippen LogP contribution is -2.65. The molecule has 8 unspecified atom stereocenters. The summed E-state index contributed by atoms with van der Waals surface area (Å²) >= 11 is 0. The van der Waals surface area contributed by atoms with E-state index < -0.39 is 29.8 Å². The standard InChI is InChI=1S/C28H41N5O4/c1-14(2)23(30)26(35)32-5-3-4-20(32)25(34)31-24(27(36)33-13-18-8-19(18)21(33)12-29)22-16-6-15-7-17(22)11-28(37,9-15)10-16/h14-24,37H,3-11,13,30H2,1-2H3,(H,31,34). The third-order valence-corrected chi connectivity index (χ3v) is 10.7. The van der Waals surface area contributed by atoms with E-state index in [-0.39, 0.29) is 47.3 Å². The summed E-state index contributed by atoms with van der Waals surface area (Å²) in [6.45, 7) is 4.87. The van der Waals surface area contributed by atoms with E-state index in [0.29, 0.717) is 44.2 Å². The Balaban J connectivity index is 1.26. The average molecular weight is 512 g/mol. The Morgan fingerprint density at radius 3 is 2.38 bits per heavy atom. The molecule has 9 nitrogen and oxygen atoms in total. The van der Waals surface area contributed by atoms with Gasteiger partial charge in [-0.2, -0.15) is 5.26 Å². The number of nitrogens with two attached hydrogens (primary N) is 1. The molecule has 0 aromatic heterocycles. The largest absolute Gasteiger partial charge is 0.390 e. The monoisotopic (exact) mass is 511 g/mol. The number of aliphatic hydroxyl groups is 1. The van der Waals surface area contributed by atoms with E-state index in [1.807, 2.05) is 13.8 Å². The Morgan fingerprint density at radius 2 is 1.76 bits per heavy atom. The van der Waals surface area contributed by atoms with Gasteiger partial charge >= 0.3 is 0 Å². The number of fused-ring (bicyclic) bond motifs is 1. The van der Waals surface area contributed by atoms with Crippen LogP contribution in [0.5, 0.6) is 0 Å². The Bertz CT molecular complexity index is 1010. The number of amides is 3. The van der Waals surface area contributed by atoms with E-state index in [0.717, 1.165) is 32.1 Å². The number of piperidine rings is 1. The van der Waals surface area contributed by atoms with Crippen LogP contribution in [0.15, 0.2) is 0 Å². The molecular weight excluding hydrogens is 470 g/mol. The molecule has 2 heterocycles. The highest BCUT2D eigenvalue weighted by Gasteiger charge is 2.60. The second kappa shape index (κ2) is 8.94. The molecule has 2 saturated heterocycles. The maximum absolute atomic E-state index is 14.1. The van der Waals surface area contributed by atoms with Gasteiger partial charge < -0.3 is 26.0 Å². The first-order chi connectivity index (χ1) is 17.6. The minimum Gasteiger partial charge on any atom is -0.390 e. The predicted octanol–water partition coefficient (Wildman–Crippen LogP) is 1.00. The van der Waals surface area contributed by atoms with Gasteiger partial charge in [0.1, 0.15) is 18.1 Å². The minimum atomic E-state index is -0.726. The van der Waals surface area contributed by atoms with Crippen LogP contribution in [-0.2, 0) is 14.4 Å². The van der Waals surface area contributed by atoms with Crippen LogP contribution in [-0.4, -0.2) is 75.5 Å². The molecule has 9 heteroatoms. The van der Waals surface area contributed by atoms with Crippen LogP contribution in [0.25, 0.3) is 0 Å². The predicted molar refractivity (Wildman–Crippen MR) is 134 cm³/mol. The lowest BCUT2D eigenvalue weighted by molar-refractivity contribution is -0.168. The SMILES string of the molecule is CC(C)C(N)C(=O)N1CCCC1C(=O)NC(C(=O)N1CC2CC2C1C#N)C1C2CC3CC1CC(O)(C3)C2. The highest BCUT2D eigenvalue weighted by Crippen LogP contribution is 2.59. The van der Waals surface area contributed by atoms with Crippen molar-refractivity contribution in [3.63, 3.8) is 0 Å². The van der Waals surface area contributed by atoms with Crippen LogP contribution in [0, 0.1) is 52.8 Å². The Hall–Kier alpha value is -2.18. The molecule has 5 saturated carbocycles. The fraction of sp³-hybridized carbons (Fsp3) is 0.857. The number of carbonyl (C=O) groups is 3. The number of nitriles is 1. The zero-order chi connectivity index (χ0) is 26.2. The van der Waals surface area contributed by atoms with Gasteiger partial charge in [0, 0.05) is 13.1 Å². The molecule has 7 rings (SSSR count). The van der Waals surface area contributed by atoms with Crippen molar-refractivity contribution in [1.29, 1.82) is 5.26 Å². The molecule has 7 fully saturated rings. The lowest BCUT2D eigenvalue weighted by Gasteiger charge is -2.59. The molecule has 4 bridgehead atoms. The molecule has 0 radical (unpaired) electrons. The summed E-state index contributed by atoms with van der Waals surface area (Å²) in [6.07, 6.45) is 6.43. The smallest absolute Gasteiger partial charge is 0.246 e. The molecule has 8 atom stereocenters. The fourth-order valence-electron chi connectivity index (χ4n) is 8.95. The van der Waals surface area contributed by atoms with Gasteiger partial charge in [-0.3, -0.25) is 14.4 Å². The number of likely N-dealkylation sites (tertiary alicyclic amines) is 2. The molecule has 3 amide bonds. The highest BCUT2D eigenvalue weighted by atomic mass is 16.3. The second-order valence-electron chi connectivity index (χ2n) is 13.4. The van der Waals surface area contributed by atoms with Crippen molar-refractivity contribution in [2.75, 3.05) is 13.1 Å². The Morgan fingerprint density at radius 1 is 1.05 bits per heavy atom. The van der Waals surface area contributed by atoms with Gasteiger partial charge in [0.25, 0.3) is 0 Å². The summed E-state index contributed by atoms with van der Waals surface area (Å²) in [4.78, 5) is 44.3. The molecule has 2 aliphatic heterocycles. The first-order valence-corrected chi connectivity index (χ1v) is 14.4. The van der Waals surface area contributed by atoms with Gasteiger partial charge in [-0.15, -0.1) is 0 Å². The van der Waals surface area contributed by atoms with Crippen molar-refractivity contribution in [3.8, 4) is 6.07 Å². The maximum atomic E-state index is 14.1. The van der Waals surface area contributed by atoms with Gasteiger partial charge in [0.2, 0.25) is 17.7 Å². The van der Waals surface area contributed by atoms with Crippen molar-refractivity contribution in [2.24, 2.45) is 47.2 Å². The van der Waals surface area contributed by atoms with E-state index in [1.165, 1.54) is 0 Å². The zero-order valence-corrected chi connectivity index (χ0v) is 22.0. The summed E-state index contributed by atoms with van der Waals surface area (Å²) < 4.78 is 0. The van der Waals surface area contributed by atoms with Gasteiger partial charge in [-0.05, 0) is 92.8 Å². The van der Waals surface area contributed by atoms with Crippen LogP contribution in [0.3, 0.4) is 0 Å². The van der Waals surface area contributed by atoms with E-state index in [9.17, 15) is 24.8 Å². The van der Waals surface area contributed by atoms with Gasteiger partial charge in [0.15, 0.2) is 0 Å². The van der Waals surface area contributed by atoms with Gasteiger partial charge in [-0.25, -0.2) is 0 Å². The molecule has 37 heavy (non-hydrogen) atoms. The summed E-state index contributed by atoms with van der Waals surface area (Å²) in [6, 6.07) is -0.0922. The topological polar surface area (TPSA) is 140 Å². The van der Waals surface area contributed by atoms with Crippen molar-refractivity contribution >= 4 is 17.7 Å². The molecule has 5 aliphatic carbocycles. The highest BCUT2D eigenvalue weighted by molar-refractivity contribution is 5.94. The average Bonchev–Trinajstić information content (AvgIpc) is 3.26. The Kier molecular flexibility index (Phi) is 6.07. The quantitative estimate of drug-likeness (QED) is 0.486. The summed E-state index contributed by atoms with van der Waals surface area (Å²) in [5.74, 6) is 0.764. The molecule has 0 aromatic carbocycles. The van der Waals surface area contributed by atoms with Gasteiger partial charge in [0.05, 0.1) is 17.7 Å². The maximum Gasteiger partial charge on any atom is 0.246 e. The lowest BCUT2D eigenvalue weighted by atomic mass is 9.49. The van der Waals surface area contributed by atoms with Crippen LogP contribution in [0.2, 0.25) is 0 Å². The minimum absolute atomic E-state index is 0.0329. The molecule has 7 aliphatic rings. The fourth-order valence-corrected chi connectivity index (χ4v) is 8.95. The van der Waals surface area contributed by atoms with Crippen molar-refractivity contribution in [1.82, 2.24) is 15.1 Å². The van der Waals surface area contributed by atoms with E-state index in [1.54, 1.807) is 9.80 Å². The number of nitrogens with zero attached hydrogens (tertiary/aromatic N) is 3. The van der Waals surface area contributed by atoms with E-state index in [2.05, 4.69) is 11.4 Å². The molecule has 0 aromatic rings. The van der Waals surface area contributed by atoms with Crippen molar-refractivity contribution in [2.45, 2.75) is 95.0 Å². The molecule has 0 spiro atoms.